The number of aliphatic hydroxyl groups is 1. The van der Waals surface area contributed by atoms with Crippen molar-refractivity contribution in [3.63, 3.8) is 0 Å². The second-order valence-corrected chi connectivity index (χ2v) is 6.95. The van der Waals surface area contributed by atoms with E-state index in [1.54, 1.807) is 0 Å². The fourth-order valence-electron chi connectivity index (χ4n) is 3.63. The zero-order valence-electron chi connectivity index (χ0n) is 14.2. The van der Waals surface area contributed by atoms with E-state index in [0.29, 0.717) is 0 Å². The topological polar surface area (TPSA) is 77.5 Å². The molecule has 132 valence electrons. The minimum absolute atomic E-state index is 0.0944. The Balaban J connectivity index is 1.38. The van der Waals surface area contributed by atoms with E-state index in [1.807, 2.05) is 24.4 Å². The molecule has 1 aliphatic heterocycles. The van der Waals surface area contributed by atoms with Crippen molar-refractivity contribution >= 4 is 6.03 Å². The van der Waals surface area contributed by atoms with Gasteiger partial charge in [-0.05, 0) is 37.8 Å². The van der Waals surface area contributed by atoms with Crippen molar-refractivity contribution in [1.29, 1.82) is 0 Å². The summed E-state index contributed by atoms with van der Waals surface area (Å²) in [5.74, 6) is 0. The molecule has 1 saturated heterocycles. The molecule has 2 atom stereocenters. The number of carbonyl (C=O) groups is 1. The van der Waals surface area contributed by atoms with Gasteiger partial charge in [-0.2, -0.15) is 0 Å². The van der Waals surface area contributed by atoms with Crippen molar-refractivity contribution in [3.05, 3.63) is 30.1 Å². The van der Waals surface area contributed by atoms with Crippen LogP contribution < -0.4 is 10.6 Å². The molecule has 3 N–H and O–H groups in total. The molecule has 24 heavy (non-hydrogen) atoms. The van der Waals surface area contributed by atoms with E-state index in [9.17, 15) is 9.90 Å². The predicted molar refractivity (Wildman–Crippen MR) is 92.5 cm³/mol. The van der Waals surface area contributed by atoms with Gasteiger partial charge in [0.25, 0.3) is 0 Å². The van der Waals surface area contributed by atoms with Crippen molar-refractivity contribution in [2.45, 2.75) is 63.3 Å². The summed E-state index contributed by atoms with van der Waals surface area (Å²) >= 11 is 0. The Kier molecular flexibility index (Phi) is 6.04. The van der Waals surface area contributed by atoms with Crippen LogP contribution in [-0.4, -0.2) is 52.3 Å². The van der Waals surface area contributed by atoms with Gasteiger partial charge in [0, 0.05) is 31.9 Å². The Hall–Kier alpha value is -1.66. The molecule has 0 bridgehead atoms. The van der Waals surface area contributed by atoms with Crippen LogP contribution in [0.2, 0.25) is 0 Å². The van der Waals surface area contributed by atoms with Crippen LogP contribution in [-0.2, 0) is 6.54 Å². The predicted octanol–water partition coefficient (Wildman–Crippen LogP) is 1.65. The number of carbonyl (C=O) groups excluding carboxylic acids is 1. The molecule has 2 fully saturated rings. The van der Waals surface area contributed by atoms with Gasteiger partial charge in [0.2, 0.25) is 0 Å². The second-order valence-electron chi connectivity index (χ2n) is 6.95. The summed E-state index contributed by atoms with van der Waals surface area (Å²) in [6.45, 7) is 2.80. The van der Waals surface area contributed by atoms with Gasteiger partial charge in [0.15, 0.2) is 0 Å². The van der Waals surface area contributed by atoms with E-state index in [2.05, 4.69) is 20.5 Å². The van der Waals surface area contributed by atoms with E-state index in [4.69, 9.17) is 0 Å². The minimum Gasteiger partial charge on any atom is -0.391 e. The van der Waals surface area contributed by atoms with Crippen LogP contribution in [0.15, 0.2) is 24.4 Å². The van der Waals surface area contributed by atoms with Gasteiger partial charge in [-0.15, -0.1) is 0 Å². The monoisotopic (exact) mass is 332 g/mol. The molecule has 1 saturated carbocycles. The van der Waals surface area contributed by atoms with Crippen LogP contribution in [0.3, 0.4) is 0 Å². The van der Waals surface area contributed by atoms with E-state index in [0.717, 1.165) is 63.9 Å². The fourth-order valence-corrected chi connectivity index (χ4v) is 3.63. The van der Waals surface area contributed by atoms with Gasteiger partial charge < -0.3 is 15.7 Å². The molecule has 2 unspecified atom stereocenters. The van der Waals surface area contributed by atoms with Crippen LogP contribution in [0.4, 0.5) is 4.79 Å². The quantitative estimate of drug-likeness (QED) is 0.783. The maximum Gasteiger partial charge on any atom is 0.315 e. The third kappa shape index (κ3) is 4.92. The molecule has 0 radical (unpaired) electrons. The van der Waals surface area contributed by atoms with E-state index in [-0.39, 0.29) is 18.1 Å². The number of aliphatic hydroxyl groups excluding tert-OH is 1. The number of rotatable bonds is 4. The summed E-state index contributed by atoms with van der Waals surface area (Å²) < 4.78 is 0. The number of pyridine rings is 1. The van der Waals surface area contributed by atoms with Crippen molar-refractivity contribution in [3.8, 4) is 0 Å². The van der Waals surface area contributed by atoms with Gasteiger partial charge in [0.05, 0.1) is 17.8 Å². The molecule has 6 nitrogen and oxygen atoms in total. The summed E-state index contributed by atoms with van der Waals surface area (Å²) in [6.07, 6.45) is 7.12. The third-order valence-electron chi connectivity index (χ3n) is 5.08. The lowest BCUT2D eigenvalue weighted by molar-refractivity contribution is 0.0934. The summed E-state index contributed by atoms with van der Waals surface area (Å²) in [4.78, 5) is 18.9. The fraction of sp³-hybridized carbons (Fsp3) is 0.667. The smallest absolute Gasteiger partial charge is 0.315 e. The Bertz CT molecular complexity index is 517. The van der Waals surface area contributed by atoms with Gasteiger partial charge in [-0.1, -0.05) is 18.9 Å². The Morgan fingerprint density at radius 3 is 2.67 bits per heavy atom. The van der Waals surface area contributed by atoms with E-state index in [1.165, 1.54) is 0 Å². The molecule has 2 amide bonds. The first kappa shape index (κ1) is 17.2. The first-order valence-electron chi connectivity index (χ1n) is 9.08. The Labute approximate surface area is 143 Å². The molecular weight excluding hydrogens is 304 g/mol. The molecule has 2 heterocycles. The lowest BCUT2D eigenvalue weighted by atomic mass is 9.93. The highest BCUT2D eigenvalue weighted by Gasteiger charge is 2.26. The highest BCUT2D eigenvalue weighted by atomic mass is 16.3. The number of nitrogens with zero attached hydrogens (tertiary/aromatic N) is 2. The highest BCUT2D eigenvalue weighted by molar-refractivity contribution is 5.74. The maximum atomic E-state index is 12.1. The molecule has 1 aromatic rings. The highest BCUT2D eigenvalue weighted by Crippen LogP contribution is 2.18. The summed E-state index contributed by atoms with van der Waals surface area (Å²) in [5.41, 5.74) is 1.09. The SMILES string of the molecule is O=C(NC1CCN(Cc2ccccn2)CC1)NC1CCCCC1O. The first-order valence-corrected chi connectivity index (χ1v) is 9.08. The number of hydrogen-bond acceptors (Lipinski definition) is 4. The molecule has 6 heteroatoms. The van der Waals surface area contributed by atoms with Crippen molar-refractivity contribution in [2.75, 3.05) is 13.1 Å². The zero-order chi connectivity index (χ0) is 16.8. The number of likely N-dealkylation sites (tertiary alicyclic amines) is 1. The standard InChI is InChI=1S/C18H28N4O2/c23-17-7-2-1-6-16(17)21-18(24)20-14-8-11-22(12-9-14)13-15-5-3-4-10-19-15/h3-5,10,14,16-17,23H,1-2,6-9,11-13H2,(H2,20,21,24). The average molecular weight is 332 g/mol. The van der Waals surface area contributed by atoms with Crippen molar-refractivity contribution in [2.24, 2.45) is 0 Å². The van der Waals surface area contributed by atoms with Crippen LogP contribution in [0.1, 0.15) is 44.2 Å². The molecule has 0 aromatic carbocycles. The summed E-state index contributed by atoms with van der Waals surface area (Å²) in [5, 5.41) is 16.0. The van der Waals surface area contributed by atoms with Crippen LogP contribution in [0.5, 0.6) is 0 Å². The first-order chi connectivity index (χ1) is 11.7. The van der Waals surface area contributed by atoms with Crippen LogP contribution in [0, 0.1) is 0 Å². The Morgan fingerprint density at radius 1 is 1.17 bits per heavy atom. The summed E-state index contributed by atoms with van der Waals surface area (Å²) in [7, 11) is 0. The Morgan fingerprint density at radius 2 is 1.96 bits per heavy atom. The average Bonchev–Trinajstić information content (AvgIpc) is 2.60. The second kappa shape index (κ2) is 8.44. The number of urea groups is 1. The third-order valence-corrected chi connectivity index (χ3v) is 5.08. The van der Waals surface area contributed by atoms with Gasteiger partial charge in [-0.3, -0.25) is 9.88 Å². The number of nitrogens with one attached hydrogen (secondary N) is 2. The molecule has 2 aliphatic rings. The molecule has 1 aliphatic carbocycles. The van der Waals surface area contributed by atoms with E-state index >= 15 is 0 Å². The van der Waals surface area contributed by atoms with Gasteiger partial charge >= 0.3 is 6.03 Å². The molecule has 0 spiro atoms. The number of hydrogen-bond donors (Lipinski definition) is 3. The van der Waals surface area contributed by atoms with Gasteiger partial charge in [-0.25, -0.2) is 4.79 Å². The van der Waals surface area contributed by atoms with Crippen molar-refractivity contribution < 1.29 is 9.90 Å². The van der Waals surface area contributed by atoms with Crippen LogP contribution >= 0.6 is 0 Å². The lowest BCUT2D eigenvalue weighted by Crippen LogP contribution is -2.53. The molecular formula is C18H28N4O2. The zero-order valence-corrected chi connectivity index (χ0v) is 14.2. The van der Waals surface area contributed by atoms with Crippen LogP contribution in [0.25, 0.3) is 0 Å². The minimum atomic E-state index is -0.398. The number of aromatic nitrogens is 1. The largest absolute Gasteiger partial charge is 0.391 e. The lowest BCUT2D eigenvalue weighted by Gasteiger charge is -2.33. The maximum absolute atomic E-state index is 12.1. The molecule has 1 aromatic heterocycles. The molecule has 3 rings (SSSR count). The summed E-state index contributed by atoms with van der Waals surface area (Å²) in [6, 6.07) is 5.98. The van der Waals surface area contributed by atoms with Crippen molar-refractivity contribution in [1.82, 2.24) is 20.5 Å². The number of piperidine rings is 1. The normalized spacial score (nSPS) is 26.0. The van der Waals surface area contributed by atoms with Gasteiger partial charge in [0.1, 0.15) is 0 Å². The van der Waals surface area contributed by atoms with E-state index < -0.39 is 6.10 Å². The number of amides is 2.